The van der Waals surface area contributed by atoms with Gasteiger partial charge in [0.05, 0.1) is 39.7 Å². The second-order valence-electron chi connectivity index (χ2n) is 14.7. The van der Waals surface area contributed by atoms with Crippen molar-refractivity contribution in [3.8, 4) is 5.75 Å². The van der Waals surface area contributed by atoms with Gasteiger partial charge in [-0.2, -0.15) is 5.11 Å². The number of aryl methyl sites for hydroxylation is 3. The molecule has 0 aromatic heterocycles. The molecule has 0 bridgehead atoms. The summed E-state index contributed by atoms with van der Waals surface area (Å²) in [5, 5.41) is 22.9. The molecule has 7 aromatic carbocycles. The van der Waals surface area contributed by atoms with Crippen LogP contribution >= 0.6 is 0 Å². The standard InChI is InChI=1S/C49H47N7O2/c1-4-11-34-17-23-38(24-18-34)58-49(57)35-19-21-37(22-20-35)50-51-43-25-26-44(40-14-7-6-13-39(40)43)52-53-45-27-28-46(42-16-9-8-15-41(42)45)54-55-47-32-36-12-10-30-56(29-5-2)48(36)31-33(47)3/h6-9,13-28,31-32,50-51H,4-5,10-12,29-30H2,1-3H3/b53-52+,55-54+. The van der Waals surface area contributed by atoms with Crippen molar-refractivity contribution in [2.45, 2.75) is 52.9 Å². The summed E-state index contributed by atoms with van der Waals surface area (Å²) in [6.45, 7) is 8.68. The van der Waals surface area contributed by atoms with Gasteiger partial charge in [-0.15, -0.1) is 15.3 Å². The van der Waals surface area contributed by atoms with E-state index < -0.39 is 5.97 Å². The summed E-state index contributed by atoms with van der Waals surface area (Å²) in [5.41, 5.74) is 17.0. The van der Waals surface area contributed by atoms with Gasteiger partial charge < -0.3 is 20.5 Å². The van der Waals surface area contributed by atoms with Crippen LogP contribution in [-0.2, 0) is 12.8 Å². The van der Waals surface area contributed by atoms with E-state index in [1.54, 1.807) is 12.1 Å². The zero-order valence-electron chi connectivity index (χ0n) is 33.2. The van der Waals surface area contributed by atoms with Crippen molar-refractivity contribution in [3.63, 3.8) is 0 Å². The maximum atomic E-state index is 12.8. The Kier molecular flexibility index (Phi) is 11.5. The summed E-state index contributed by atoms with van der Waals surface area (Å²) in [6.07, 6.45) is 5.43. The molecule has 0 saturated heterocycles. The fourth-order valence-corrected chi connectivity index (χ4v) is 7.55. The zero-order chi connectivity index (χ0) is 39.8. The average Bonchev–Trinajstić information content (AvgIpc) is 3.26. The lowest BCUT2D eigenvalue weighted by molar-refractivity contribution is 0.0734. The smallest absolute Gasteiger partial charge is 0.343 e. The molecule has 0 aliphatic carbocycles. The van der Waals surface area contributed by atoms with Crippen LogP contribution in [0.5, 0.6) is 5.75 Å². The van der Waals surface area contributed by atoms with Crippen LogP contribution < -0.4 is 20.5 Å². The Hall–Kier alpha value is -6.87. The van der Waals surface area contributed by atoms with Crippen LogP contribution in [0.2, 0.25) is 0 Å². The van der Waals surface area contributed by atoms with Crippen molar-refractivity contribution in [2.75, 3.05) is 28.8 Å². The fraction of sp³-hybridized carbons (Fsp3) is 0.204. The first-order valence-electron chi connectivity index (χ1n) is 20.2. The molecule has 9 nitrogen and oxygen atoms in total. The molecule has 290 valence electrons. The lowest BCUT2D eigenvalue weighted by Gasteiger charge is -2.31. The quantitative estimate of drug-likeness (QED) is 0.0526. The number of hydrogen-bond donors (Lipinski definition) is 2. The summed E-state index contributed by atoms with van der Waals surface area (Å²) in [5.74, 6) is 0.131. The molecular weight excluding hydrogens is 719 g/mol. The molecule has 9 heteroatoms. The number of esters is 1. The summed E-state index contributed by atoms with van der Waals surface area (Å²) >= 11 is 0. The molecule has 0 unspecified atom stereocenters. The van der Waals surface area contributed by atoms with Crippen LogP contribution in [0.3, 0.4) is 0 Å². The van der Waals surface area contributed by atoms with Crippen LogP contribution in [0, 0.1) is 6.92 Å². The SMILES string of the molecule is CCCc1ccc(OC(=O)c2ccc(NNc3ccc(/N=N/c4ccc(/N=N/c5cc6c(cc5C)N(CCC)CCC6)c5ccccc45)c4ccccc34)cc2)cc1. The Labute approximate surface area is 339 Å². The van der Waals surface area contributed by atoms with Gasteiger partial charge in [-0.1, -0.05) is 80.9 Å². The number of nitrogens with one attached hydrogen (secondary N) is 2. The Bertz CT molecular complexity index is 2640. The zero-order valence-corrected chi connectivity index (χ0v) is 33.2. The van der Waals surface area contributed by atoms with Crippen molar-refractivity contribution in [1.82, 2.24) is 0 Å². The number of hydrogen-bond acceptors (Lipinski definition) is 9. The predicted molar refractivity (Wildman–Crippen MR) is 237 cm³/mol. The van der Waals surface area contributed by atoms with Gasteiger partial charge in [0.15, 0.2) is 0 Å². The third-order valence-electron chi connectivity index (χ3n) is 10.6. The van der Waals surface area contributed by atoms with E-state index in [-0.39, 0.29) is 0 Å². The second kappa shape index (κ2) is 17.5. The highest BCUT2D eigenvalue weighted by Gasteiger charge is 2.18. The van der Waals surface area contributed by atoms with Gasteiger partial charge in [-0.05, 0) is 122 Å². The molecule has 0 atom stereocenters. The minimum absolute atomic E-state index is 0.400. The molecule has 0 spiro atoms. The molecule has 7 aromatic rings. The summed E-state index contributed by atoms with van der Waals surface area (Å²) < 4.78 is 5.59. The minimum Gasteiger partial charge on any atom is -0.423 e. The first-order chi connectivity index (χ1) is 28.5. The van der Waals surface area contributed by atoms with Crippen molar-refractivity contribution < 1.29 is 9.53 Å². The molecular formula is C49H47N7O2. The summed E-state index contributed by atoms with van der Waals surface area (Å²) in [6, 6.07) is 43.4. The van der Waals surface area contributed by atoms with Gasteiger partial charge in [-0.3, -0.25) is 0 Å². The molecule has 0 fully saturated rings. The molecule has 8 rings (SSSR count). The monoisotopic (exact) mass is 765 g/mol. The normalized spacial score (nSPS) is 12.7. The lowest BCUT2D eigenvalue weighted by Crippen LogP contribution is -2.30. The number of anilines is 3. The minimum atomic E-state index is -0.400. The number of rotatable bonds is 13. The van der Waals surface area contributed by atoms with Crippen LogP contribution in [0.4, 0.5) is 39.8 Å². The van der Waals surface area contributed by atoms with Gasteiger partial charge >= 0.3 is 5.97 Å². The van der Waals surface area contributed by atoms with Crippen LogP contribution in [0.1, 0.15) is 60.2 Å². The highest BCUT2D eigenvalue weighted by Crippen LogP contribution is 2.39. The summed E-state index contributed by atoms with van der Waals surface area (Å²) in [7, 11) is 0. The number of azo groups is 2. The maximum absolute atomic E-state index is 12.8. The van der Waals surface area contributed by atoms with Gasteiger partial charge in [0.25, 0.3) is 0 Å². The number of carbonyl (C=O) groups excluding carboxylic acids is 1. The Morgan fingerprint density at radius 3 is 1.90 bits per heavy atom. The van der Waals surface area contributed by atoms with Gasteiger partial charge in [-0.25, -0.2) is 4.79 Å². The number of hydrazine groups is 1. The number of carbonyl (C=O) groups is 1. The van der Waals surface area contributed by atoms with Crippen LogP contribution in [0.15, 0.2) is 154 Å². The predicted octanol–water partition coefficient (Wildman–Crippen LogP) is 13.9. The largest absolute Gasteiger partial charge is 0.423 e. The number of ether oxygens (including phenoxy) is 1. The van der Waals surface area contributed by atoms with E-state index in [2.05, 4.69) is 54.7 Å². The maximum Gasteiger partial charge on any atom is 0.343 e. The van der Waals surface area contributed by atoms with E-state index in [0.29, 0.717) is 11.3 Å². The Balaban J connectivity index is 0.965. The first-order valence-corrected chi connectivity index (χ1v) is 20.2. The Morgan fingerprint density at radius 1 is 0.655 bits per heavy atom. The van der Waals surface area contributed by atoms with Crippen molar-refractivity contribution in [1.29, 1.82) is 0 Å². The third kappa shape index (κ3) is 8.44. The second-order valence-corrected chi connectivity index (χ2v) is 14.7. The molecule has 0 amide bonds. The van der Waals surface area contributed by atoms with Crippen LogP contribution in [0.25, 0.3) is 21.5 Å². The number of nitrogens with zero attached hydrogens (tertiary/aromatic N) is 5. The highest BCUT2D eigenvalue weighted by atomic mass is 16.5. The third-order valence-corrected chi connectivity index (χ3v) is 10.6. The van der Waals surface area contributed by atoms with Gasteiger partial charge in [0.1, 0.15) is 5.75 Å². The molecule has 1 aliphatic rings. The van der Waals surface area contributed by atoms with Crippen molar-refractivity contribution in [2.24, 2.45) is 20.5 Å². The first kappa shape index (κ1) is 38.0. The van der Waals surface area contributed by atoms with Crippen LogP contribution in [-0.4, -0.2) is 19.1 Å². The highest BCUT2D eigenvalue weighted by molar-refractivity contribution is 6.02. The van der Waals surface area contributed by atoms with Gasteiger partial charge in [0.2, 0.25) is 0 Å². The van der Waals surface area contributed by atoms with E-state index in [1.165, 1.54) is 16.8 Å². The molecule has 1 aliphatic heterocycles. The lowest BCUT2D eigenvalue weighted by atomic mass is 9.98. The van der Waals surface area contributed by atoms with E-state index in [1.807, 2.05) is 103 Å². The average molecular weight is 766 g/mol. The van der Waals surface area contributed by atoms with Gasteiger partial charge in [0, 0.05) is 40.3 Å². The number of fused-ring (bicyclic) bond motifs is 3. The van der Waals surface area contributed by atoms with E-state index >= 15 is 0 Å². The summed E-state index contributed by atoms with van der Waals surface area (Å²) in [4.78, 5) is 15.3. The van der Waals surface area contributed by atoms with Crippen molar-refractivity contribution in [3.05, 3.63) is 156 Å². The number of benzene rings is 7. The van der Waals surface area contributed by atoms with E-state index in [4.69, 9.17) is 25.2 Å². The van der Waals surface area contributed by atoms with Crippen molar-refractivity contribution >= 4 is 67.3 Å². The molecule has 0 radical (unpaired) electrons. The molecule has 0 saturated carbocycles. The van der Waals surface area contributed by atoms with E-state index in [0.717, 1.165) is 106 Å². The molecule has 1 heterocycles. The molecule has 2 N–H and O–H groups in total. The fourth-order valence-electron chi connectivity index (χ4n) is 7.55. The topological polar surface area (TPSA) is 103 Å². The van der Waals surface area contributed by atoms with E-state index in [9.17, 15) is 4.79 Å². The Morgan fingerprint density at radius 2 is 1.26 bits per heavy atom. The molecule has 58 heavy (non-hydrogen) atoms.